The van der Waals surface area contributed by atoms with E-state index in [2.05, 4.69) is 30.0 Å². The number of phosphoric ester groups is 1. The number of hydrogen-bond donors (Lipinski definition) is 7. The molecule has 1 aliphatic heterocycles. The number of nitrogen functional groups attached to an aromatic ring is 1. The molecule has 6 atom stereocenters. The monoisotopic (exact) mass is 771 g/mol. The summed E-state index contributed by atoms with van der Waals surface area (Å²) in [6.45, 7) is 4.02. The van der Waals surface area contributed by atoms with Crippen LogP contribution in [0.15, 0.2) is 23.1 Å². The Kier molecular flexibility index (Phi) is 13.3. The van der Waals surface area contributed by atoms with Gasteiger partial charge in [0.1, 0.15) is 23.9 Å². The van der Waals surface area contributed by atoms with Gasteiger partial charge in [0.25, 0.3) is 5.69 Å². The fraction of sp³-hybridized carbons (Fsp3) is 0.520. The maximum Gasteiger partial charge on any atom is 0.490 e. The molecule has 2 aromatic rings. The predicted molar refractivity (Wildman–Crippen MR) is 170 cm³/mol. The molecule has 1 fully saturated rings. The minimum Gasteiger partial charge on any atom is -0.495 e. The van der Waals surface area contributed by atoms with Gasteiger partial charge in [-0.1, -0.05) is 32.6 Å². The van der Waals surface area contributed by atoms with E-state index >= 15 is 0 Å². The van der Waals surface area contributed by atoms with Crippen molar-refractivity contribution in [2.45, 2.75) is 58.3 Å². The van der Waals surface area contributed by atoms with Gasteiger partial charge in [-0.3, -0.25) is 19.2 Å². The second-order valence-corrected chi connectivity index (χ2v) is 16.0. The Hall–Kier alpha value is -3.09. The quantitative estimate of drug-likeness (QED) is 0.0616. The van der Waals surface area contributed by atoms with Crippen molar-refractivity contribution in [2.24, 2.45) is 11.1 Å². The molecule has 1 saturated heterocycles. The summed E-state index contributed by atoms with van der Waals surface area (Å²) in [7, 11) is -15.6. The van der Waals surface area contributed by atoms with Crippen LogP contribution in [0.2, 0.25) is 0 Å². The van der Waals surface area contributed by atoms with Gasteiger partial charge in [0.05, 0.1) is 55.1 Å². The van der Waals surface area contributed by atoms with Crippen molar-refractivity contribution in [1.29, 1.82) is 0 Å². The third-order valence-corrected chi connectivity index (χ3v) is 10.5. The number of nitrogens with zero attached hydrogens (tertiary/aromatic N) is 3. The average molecular weight is 772 g/mol. The maximum absolute atomic E-state index is 12.8. The Balaban J connectivity index is 1.84. The molecule has 0 bridgehead atoms. The van der Waals surface area contributed by atoms with Crippen LogP contribution >= 0.6 is 23.5 Å². The van der Waals surface area contributed by atoms with Crippen LogP contribution in [-0.2, 0) is 42.9 Å². The molecule has 50 heavy (non-hydrogen) atoms. The number of nitro groups is 1. The van der Waals surface area contributed by atoms with Gasteiger partial charge in [0, 0.05) is 24.2 Å². The molecule has 3 rings (SSSR count). The SMILES string of the molecule is COc1cc(C(OCc2cn([C@H]3C[C@H](O)[C@@H](COP(=O)(O)OP(=O)(O)OP(=O)(O)O)O3)c(=O)nc2N)C(C)(C)C)c([N+](=O)[O-])cc1C#CCN. The lowest BCUT2D eigenvalue weighted by Gasteiger charge is -2.31. The second-order valence-electron chi connectivity index (χ2n) is 11.6. The molecule has 278 valence electrons. The smallest absolute Gasteiger partial charge is 0.490 e. The number of anilines is 1. The van der Waals surface area contributed by atoms with Crippen LogP contribution in [0.1, 0.15) is 56.2 Å². The largest absolute Gasteiger partial charge is 0.495 e. The summed E-state index contributed by atoms with van der Waals surface area (Å²) in [6, 6.07) is 2.69. The molecule has 0 saturated carbocycles. The van der Waals surface area contributed by atoms with E-state index in [9.17, 15) is 43.5 Å². The summed E-state index contributed by atoms with van der Waals surface area (Å²) in [6.07, 6.45) is -4.19. The summed E-state index contributed by atoms with van der Waals surface area (Å²) >= 11 is 0. The molecule has 0 spiro atoms. The van der Waals surface area contributed by atoms with Gasteiger partial charge < -0.3 is 50.4 Å². The van der Waals surface area contributed by atoms with Crippen LogP contribution in [0.4, 0.5) is 11.5 Å². The Bertz CT molecular complexity index is 1850. The Morgan fingerprint density at radius 3 is 2.40 bits per heavy atom. The fourth-order valence-electron chi connectivity index (χ4n) is 4.69. The number of benzene rings is 1. The standard InChI is InChI=1S/C25H36N5O17P3/c1-25(2,3)22(16-9-19(42-4)14(6-5-7-26)8-17(16)30(33)34)43-12-15-11-29(24(32)28-23(15)27)21-10-18(31)20(45-21)13-44-49(38,39)47-50(40,41)46-48(35,36)37/h8-9,11,18,20-22,31H,7,10,12-13,26H2,1-4H3,(H,38,39)(H,40,41)(H2,27,28,32)(H2,35,36,37)/t18-,20+,21+,22?/m0/s1. The van der Waals surface area contributed by atoms with Crippen molar-refractivity contribution in [3.8, 4) is 17.6 Å². The van der Waals surface area contributed by atoms with E-state index in [1.807, 2.05) is 0 Å². The Labute approximate surface area is 283 Å². The van der Waals surface area contributed by atoms with Crippen LogP contribution in [0.25, 0.3) is 0 Å². The molecular formula is C25H36N5O17P3. The van der Waals surface area contributed by atoms with E-state index in [1.54, 1.807) is 20.8 Å². The number of ether oxygens (including phenoxy) is 3. The summed E-state index contributed by atoms with van der Waals surface area (Å²) in [5.41, 5.74) is 9.98. The van der Waals surface area contributed by atoms with Crippen molar-refractivity contribution in [3.05, 3.63) is 55.6 Å². The number of rotatable bonds is 14. The second kappa shape index (κ2) is 16.1. The van der Waals surface area contributed by atoms with Gasteiger partial charge in [0.15, 0.2) is 0 Å². The normalized spacial score (nSPS) is 21.0. The Morgan fingerprint density at radius 2 is 1.84 bits per heavy atom. The van der Waals surface area contributed by atoms with Crippen molar-refractivity contribution >= 4 is 35.0 Å². The molecular weight excluding hydrogens is 735 g/mol. The lowest BCUT2D eigenvalue weighted by atomic mass is 9.83. The van der Waals surface area contributed by atoms with Crippen molar-refractivity contribution in [2.75, 3.05) is 26.0 Å². The lowest BCUT2D eigenvalue weighted by molar-refractivity contribution is -0.386. The first-order chi connectivity index (χ1) is 23.0. The number of nitrogens with two attached hydrogens (primary N) is 2. The first-order valence-corrected chi connectivity index (χ1v) is 18.6. The maximum atomic E-state index is 12.8. The molecule has 22 nitrogen and oxygen atoms in total. The first-order valence-electron chi connectivity index (χ1n) is 14.1. The van der Waals surface area contributed by atoms with E-state index in [-0.39, 0.29) is 53.5 Å². The molecule has 25 heteroatoms. The van der Waals surface area contributed by atoms with Crippen molar-refractivity contribution in [1.82, 2.24) is 9.55 Å². The van der Waals surface area contributed by atoms with E-state index in [0.29, 0.717) is 0 Å². The van der Waals surface area contributed by atoms with Crippen LogP contribution < -0.4 is 21.9 Å². The highest BCUT2D eigenvalue weighted by molar-refractivity contribution is 7.66. The molecule has 2 heterocycles. The summed E-state index contributed by atoms with van der Waals surface area (Å²) in [5.74, 6) is 5.36. The summed E-state index contributed by atoms with van der Waals surface area (Å²) in [5, 5.41) is 22.6. The molecule has 9 N–H and O–H groups in total. The molecule has 1 aromatic carbocycles. The molecule has 3 unspecified atom stereocenters. The minimum atomic E-state index is -5.78. The van der Waals surface area contributed by atoms with Gasteiger partial charge >= 0.3 is 29.2 Å². The third-order valence-electron chi connectivity index (χ3n) is 6.74. The average Bonchev–Trinajstić information content (AvgIpc) is 3.33. The topological polar surface area (TPSA) is 338 Å². The van der Waals surface area contributed by atoms with Gasteiger partial charge in [0.2, 0.25) is 0 Å². The van der Waals surface area contributed by atoms with Gasteiger partial charge in [-0.2, -0.15) is 13.6 Å². The van der Waals surface area contributed by atoms with E-state index in [4.69, 9.17) is 35.5 Å². The van der Waals surface area contributed by atoms with E-state index in [1.165, 1.54) is 25.4 Å². The number of aliphatic hydroxyl groups excluding tert-OH is 1. The number of aliphatic hydroxyl groups is 1. The molecule has 0 aliphatic carbocycles. The molecule has 1 aromatic heterocycles. The molecule has 1 aliphatic rings. The number of nitro benzene ring substituents is 1. The highest BCUT2D eigenvalue weighted by atomic mass is 31.3. The van der Waals surface area contributed by atoms with Gasteiger partial charge in [-0.15, -0.1) is 0 Å². The zero-order chi connectivity index (χ0) is 37.8. The number of methoxy groups -OCH3 is 1. The van der Waals surface area contributed by atoms with E-state index in [0.717, 1.165) is 4.57 Å². The number of aromatic nitrogens is 2. The third kappa shape index (κ3) is 11.2. The first kappa shape index (κ1) is 41.3. The minimum absolute atomic E-state index is 0.0115. The highest BCUT2D eigenvalue weighted by Crippen LogP contribution is 2.66. The van der Waals surface area contributed by atoms with Crippen molar-refractivity contribution in [3.63, 3.8) is 0 Å². The van der Waals surface area contributed by atoms with Gasteiger partial charge in [-0.05, 0) is 11.5 Å². The molecule has 0 radical (unpaired) electrons. The molecule has 0 amide bonds. The van der Waals surface area contributed by atoms with Gasteiger partial charge in [-0.25, -0.2) is 18.5 Å². The van der Waals surface area contributed by atoms with Crippen LogP contribution in [-0.4, -0.2) is 71.6 Å². The van der Waals surface area contributed by atoms with Crippen LogP contribution in [0.5, 0.6) is 5.75 Å². The zero-order valence-corrected chi connectivity index (χ0v) is 29.5. The van der Waals surface area contributed by atoms with E-state index < -0.39 is 70.6 Å². The summed E-state index contributed by atoms with van der Waals surface area (Å²) in [4.78, 5) is 64.4. The van der Waals surface area contributed by atoms with Crippen LogP contribution in [0, 0.1) is 27.4 Å². The number of hydrogen-bond acceptors (Lipinski definition) is 16. The predicted octanol–water partition coefficient (Wildman–Crippen LogP) is 1.35. The lowest BCUT2D eigenvalue weighted by Crippen LogP contribution is -2.30. The zero-order valence-electron chi connectivity index (χ0n) is 26.8. The van der Waals surface area contributed by atoms with Crippen LogP contribution in [0.3, 0.4) is 0 Å². The number of phosphoric acid groups is 3. The highest BCUT2D eigenvalue weighted by Gasteiger charge is 2.43. The Morgan fingerprint density at radius 1 is 1.18 bits per heavy atom. The van der Waals surface area contributed by atoms with Crippen molar-refractivity contribution < 1.29 is 70.7 Å². The summed E-state index contributed by atoms with van der Waals surface area (Å²) < 4.78 is 64.4. The fourth-order valence-corrected chi connectivity index (χ4v) is 7.72.